The first kappa shape index (κ1) is 101. The Morgan fingerprint density at radius 3 is 1.18 bits per heavy atom. The summed E-state index contributed by atoms with van der Waals surface area (Å²) in [6.07, 6.45) is 1.15. The van der Waals surface area contributed by atoms with Gasteiger partial charge in [-0.3, -0.25) is 38.9 Å². The lowest BCUT2D eigenvalue weighted by Crippen LogP contribution is -2.31. The SMILES string of the molecule is CC(C)C(=O)NCCNc1ccc(C(C)(F)F)cc1C#N.CC(C)C(=O)NCCNc1ccc(C(C)(F)F)cc1[N+](=O)[O-].CC(C)C(=O)NCCNc1ccc(C(C)(F)F)cn1.CC(C)C(=O)NCCNc1nc2cc(C(C)(F)F)ccc2s1.CC(C)C(=O)NCCNc1nc2ccccc2o1.CC(C)C(=O)NCCNc1nc2ccccc2s1. The third-order valence-electron chi connectivity index (χ3n) is 16.6. The molecule has 27 nitrogen and oxygen atoms in total. The predicted molar refractivity (Wildman–Crippen MR) is 458 cm³/mol. The molecule has 654 valence electrons. The number of benzene rings is 5. The van der Waals surface area contributed by atoms with Gasteiger partial charge in [0.1, 0.15) is 23.1 Å². The van der Waals surface area contributed by atoms with Gasteiger partial charge in [-0.05, 0) is 66.7 Å². The molecule has 6 amide bonds. The van der Waals surface area contributed by atoms with Gasteiger partial charge in [-0.15, -0.1) is 0 Å². The van der Waals surface area contributed by atoms with E-state index in [9.17, 15) is 74.0 Å². The van der Waals surface area contributed by atoms with E-state index in [0.29, 0.717) is 101 Å². The number of para-hydroxylation sites is 3. The van der Waals surface area contributed by atoms with Crippen LogP contribution >= 0.6 is 22.7 Å². The zero-order valence-electron chi connectivity index (χ0n) is 70.2. The number of fused-ring (bicyclic) bond motifs is 3. The summed E-state index contributed by atoms with van der Waals surface area (Å²) in [6.45, 7) is 30.8. The van der Waals surface area contributed by atoms with Gasteiger partial charge in [0.05, 0.1) is 36.6 Å². The van der Waals surface area contributed by atoms with Gasteiger partial charge in [-0.1, -0.05) is 148 Å². The van der Waals surface area contributed by atoms with Crippen LogP contribution in [-0.4, -0.2) is 139 Å². The zero-order chi connectivity index (χ0) is 89.7. The maximum Gasteiger partial charge on any atom is 0.295 e. The second-order valence-corrected chi connectivity index (χ2v) is 31.3. The van der Waals surface area contributed by atoms with Crippen LogP contribution in [0.3, 0.4) is 0 Å². The van der Waals surface area contributed by atoms with E-state index in [1.54, 1.807) is 45.1 Å². The number of nitrogens with one attached hydrogen (secondary N) is 12. The lowest BCUT2D eigenvalue weighted by Gasteiger charge is -2.14. The number of nitrogens with zero attached hydrogens (tertiary/aromatic N) is 6. The van der Waals surface area contributed by atoms with Crippen molar-refractivity contribution in [2.75, 3.05) is 110 Å². The average molecular weight is 1720 g/mol. The molecule has 0 fully saturated rings. The molecule has 4 aromatic heterocycles. The third kappa shape index (κ3) is 36.8. The highest BCUT2D eigenvalue weighted by atomic mass is 32.1. The molecule has 120 heavy (non-hydrogen) atoms. The number of halogens is 8. The molecule has 0 atom stereocenters. The van der Waals surface area contributed by atoms with E-state index in [0.717, 1.165) is 65.5 Å². The Labute approximate surface area is 701 Å². The summed E-state index contributed by atoms with van der Waals surface area (Å²) in [5.41, 5.74) is 2.72. The summed E-state index contributed by atoms with van der Waals surface area (Å²) >= 11 is 3.03. The van der Waals surface area contributed by atoms with Gasteiger partial charge in [0.15, 0.2) is 15.8 Å². The van der Waals surface area contributed by atoms with Crippen molar-refractivity contribution in [2.45, 2.75) is 134 Å². The third-order valence-corrected chi connectivity index (χ3v) is 18.5. The number of anilines is 6. The second kappa shape index (κ2) is 49.1. The van der Waals surface area contributed by atoms with Crippen LogP contribution in [0.5, 0.6) is 0 Å². The van der Waals surface area contributed by atoms with Crippen molar-refractivity contribution in [3.63, 3.8) is 0 Å². The number of pyridine rings is 1. The van der Waals surface area contributed by atoms with Crippen LogP contribution in [0.1, 0.15) is 139 Å². The molecule has 0 aliphatic rings. The number of nitro benzene ring substituents is 1. The predicted octanol–water partition coefficient (Wildman–Crippen LogP) is 16.2. The molecule has 0 aliphatic heterocycles. The number of amides is 6. The summed E-state index contributed by atoms with van der Waals surface area (Å²) in [7, 11) is 0. The van der Waals surface area contributed by atoms with Gasteiger partial charge in [-0.2, -0.15) is 10.2 Å². The molecule has 0 saturated heterocycles. The molecule has 4 heterocycles. The molecule has 0 radical (unpaired) electrons. The number of hydrogen-bond donors (Lipinski definition) is 12. The van der Waals surface area contributed by atoms with Crippen molar-refractivity contribution in [1.29, 1.82) is 5.26 Å². The molecule has 9 rings (SSSR count). The highest BCUT2D eigenvalue weighted by Gasteiger charge is 2.30. The molecule has 5 aromatic carbocycles. The van der Waals surface area contributed by atoms with Crippen LogP contribution in [0.25, 0.3) is 31.5 Å². The first-order valence-corrected chi connectivity index (χ1v) is 40.5. The van der Waals surface area contributed by atoms with Crippen molar-refractivity contribution >= 4 is 129 Å². The van der Waals surface area contributed by atoms with E-state index >= 15 is 0 Å². The minimum atomic E-state index is -3.14. The van der Waals surface area contributed by atoms with Gasteiger partial charge in [0.2, 0.25) is 35.4 Å². The molecule has 0 saturated carbocycles. The van der Waals surface area contributed by atoms with Crippen molar-refractivity contribution in [2.24, 2.45) is 35.5 Å². The van der Waals surface area contributed by atoms with Gasteiger partial charge in [-0.25, -0.2) is 50.1 Å². The summed E-state index contributed by atoms with van der Waals surface area (Å²) in [5, 5.41) is 56.1. The van der Waals surface area contributed by atoms with Gasteiger partial charge in [0.25, 0.3) is 35.4 Å². The molecule has 0 aliphatic carbocycles. The lowest BCUT2D eigenvalue weighted by molar-refractivity contribution is -0.384. The first-order valence-electron chi connectivity index (χ1n) is 38.8. The van der Waals surface area contributed by atoms with Crippen molar-refractivity contribution in [3.05, 3.63) is 159 Å². The molecular formula is C83H110F8N18O9S2. The Morgan fingerprint density at radius 2 is 0.775 bits per heavy atom. The fourth-order valence-electron chi connectivity index (χ4n) is 9.53. The van der Waals surface area contributed by atoms with Crippen molar-refractivity contribution in [1.82, 2.24) is 51.8 Å². The van der Waals surface area contributed by atoms with E-state index in [2.05, 4.69) is 89.8 Å². The minimum Gasteiger partial charge on any atom is -0.424 e. The highest BCUT2D eigenvalue weighted by Crippen LogP contribution is 2.36. The van der Waals surface area contributed by atoms with E-state index < -0.39 is 39.9 Å². The van der Waals surface area contributed by atoms with E-state index in [1.807, 2.05) is 104 Å². The maximum atomic E-state index is 13.3. The average Bonchev–Trinajstić information content (AvgIpc) is 1.16. The Bertz CT molecular complexity index is 4620. The standard InChI is InChI=1S/C15H19F2N3OS.C15H19F2N3O.C14H19F2N3O3.C13H19F2N3O.C13H17N3O2.C13H17N3OS/c1-9(2)13(21)18-6-7-19-14-20-11-8-10(15(3,16)17)4-5-12(11)22-14;1-10(2)14(21)20-7-6-19-13-5-4-12(15(3,16)17)8-11(13)9-18;1-9(2)13(20)18-7-6-17-11-5-4-10(14(3,15)16)8-12(11)19(21)22;1-9(2)12(19)17-7-6-16-11-5-4-10(8-18-11)13(3,14)15;2*1-9(2)12(17)14-7-8-15-13-16-10-5-3-4-6-11(10)18-13/h4-5,8-9H,6-7H2,1-3H3,(H,18,21)(H,19,20);4-5,8,10,19H,6-7H2,1-3H3,(H,20,21);4-5,8-9,17H,6-7H2,1-3H3,(H,18,20);4-5,8-9H,6-7H2,1-3H3,(H,16,18)(H,17,19);2*3-6,9H,7-8H2,1-2H3,(H,14,17)(H,15,16). The Morgan fingerprint density at radius 1 is 0.417 bits per heavy atom. The van der Waals surface area contributed by atoms with Crippen LogP contribution in [0.4, 0.5) is 74.3 Å². The number of aromatic nitrogens is 4. The topological polar surface area (TPSA) is 378 Å². The maximum absolute atomic E-state index is 13.3. The fourth-order valence-corrected chi connectivity index (χ4v) is 11.3. The largest absolute Gasteiger partial charge is 0.424 e. The lowest BCUT2D eigenvalue weighted by atomic mass is 10.1. The number of hydrogen-bond acceptors (Lipinski definition) is 22. The summed E-state index contributed by atoms with van der Waals surface area (Å²) < 4.78 is 113. The molecule has 12 N–H and O–H groups in total. The smallest absolute Gasteiger partial charge is 0.295 e. The van der Waals surface area contributed by atoms with Gasteiger partial charge in [0, 0.05) is 176 Å². The number of oxazole rings is 1. The van der Waals surface area contributed by atoms with Crippen LogP contribution in [0, 0.1) is 57.0 Å². The number of nitriles is 1. The quantitative estimate of drug-likeness (QED) is 0.00759. The Kier molecular flexibility index (Phi) is 41.3. The van der Waals surface area contributed by atoms with Gasteiger partial charge >= 0.3 is 0 Å². The molecule has 0 bridgehead atoms. The first-order chi connectivity index (χ1) is 56.3. The van der Waals surface area contributed by atoms with E-state index in [1.165, 1.54) is 64.6 Å². The highest BCUT2D eigenvalue weighted by molar-refractivity contribution is 7.22. The molecule has 37 heteroatoms. The van der Waals surface area contributed by atoms with E-state index in [-0.39, 0.29) is 112 Å². The Balaban J connectivity index is 0.000000303. The van der Waals surface area contributed by atoms with E-state index in [4.69, 9.17) is 9.68 Å². The summed E-state index contributed by atoms with van der Waals surface area (Å²) in [4.78, 5) is 95.2. The number of carbonyl (C=O) groups excluding carboxylic acids is 6. The minimum absolute atomic E-state index is 0.000851. The van der Waals surface area contributed by atoms with Crippen LogP contribution in [-0.2, 0) is 52.5 Å². The molecule has 0 unspecified atom stereocenters. The van der Waals surface area contributed by atoms with Crippen LogP contribution in [0.2, 0.25) is 0 Å². The normalized spacial score (nSPS) is 11.3. The van der Waals surface area contributed by atoms with Gasteiger partial charge < -0.3 is 68.2 Å². The number of thiazole rings is 2. The van der Waals surface area contributed by atoms with Crippen LogP contribution < -0.4 is 63.8 Å². The summed E-state index contributed by atoms with van der Waals surface area (Å²) in [6, 6.07) is 32.5. The monoisotopic (exact) mass is 1720 g/mol. The number of nitro groups is 1. The number of rotatable bonds is 35. The Hall–Kier alpha value is -11.6. The fraction of sp³-hybridized carbons (Fsp3) is 0.458. The van der Waals surface area contributed by atoms with Crippen LogP contribution in [0.15, 0.2) is 126 Å². The number of alkyl halides is 8. The van der Waals surface area contributed by atoms with Crippen molar-refractivity contribution < 1.29 is 73.2 Å². The second-order valence-electron chi connectivity index (χ2n) is 29.3. The molecule has 0 spiro atoms. The van der Waals surface area contributed by atoms with Crippen molar-refractivity contribution in [3.8, 4) is 6.07 Å². The molecule has 9 aromatic rings. The zero-order valence-corrected chi connectivity index (χ0v) is 71.8. The number of carbonyl (C=O) groups is 6. The summed E-state index contributed by atoms with van der Waals surface area (Å²) in [5.74, 6) is -11.7. The molecular weight excluding hydrogens is 1610 g/mol.